The fourth-order valence-corrected chi connectivity index (χ4v) is 4.09. The van der Waals surface area contributed by atoms with Gasteiger partial charge in [0.15, 0.2) is 0 Å². The monoisotopic (exact) mass is 363 g/mol. The van der Waals surface area contributed by atoms with E-state index in [0.29, 0.717) is 6.04 Å². The van der Waals surface area contributed by atoms with Crippen LogP contribution in [-0.4, -0.2) is 18.8 Å². The van der Waals surface area contributed by atoms with E-state index in [0.717, 1.165) is 12.2 Å². The van der Waals surface area contributed by atoms with Gasteiger partial charge in [-0.05, 0) is 72.1 Å². The van der Waals surface area contributed by atoms with Crippen LogP contribution in [0.2, 0.25) is 0 Å². The third kappa shape index (κ3) is 4.60. The molecule has 1 unspecified atom stereocenters. The zero-order valence-electron chi connectivity index (χ0n) is 12.8. The molecule has 0 spiro atoms. The topological polar surface area (TPSA) is 12.0 Å². The summed E-state index contributed by atoms with van der Waals surface area (Å²) < 4.78 is 1.18. The van der Waals surface area contributed by atoms with Crippen molar-refractivity contribution >= 4 is 27.7 Å². The highest BCUT2D eigenvalue weighted by atomic mass is 79.9. The molecule has 3 heteroatoms. The van der Waals surface area contributed by atoms with E-state index in [9.17, 15) is 0 Å². The van der Waals surface area contributed by atoms with Crippen molar-refractivity contribution in [3.8, 4) is 0 Å². The highest BCUT2D eigenvalue weighted by molar-refractivity contribution is 9.10. The smallest absolute Gasteiger partial charge is 0.0311 e. The van der Waals surface area contributed by atoms with Gasteiger partial charge in [0.2, 0.25) is 0 Å². The number of hydrogen-bond acceptors (Lipinski definition) is 2. The van der Waals surface area contributed by atoms with E-state index in [4.69, 9.17) is 0 Å². The summed E-state index contributed by atoms with van der Waals surface area (Å²) in [5.74, 6) is 1.06. The van der Waals surface area contributed by atoms with E-state index < -0.39 is 0 Å². The van der Waals surface area contributed by atoms with E-state index >= 15 is 0 Å². The molecule has 0 saturated carbocycles. The van der Waals surface area contributed by atoms with Gasteiger partial charge in [-0.25, -0.2) is 0 Å². The van der Waals surface area contributed by atoms with Gasteiger partial charge >= 0.3 is 0 Å². The minimum absolute atomic E-state index is 0.474. The molecule has 0 heterocycles. The van der Waals surface area contributed by atoms with Gasteiger partial charge in [0, 0.05) is 21.2 Å². The maximum Gasteiger partial charge on any atom is 0.0311 e. The Labute approximate surface area is 140 Å². The Morgan fingerprint density at radius 1 is 1.05 bits per heavy atom. The standard InChI is InChI=1S/C18H22BrNS/c1-13-7-6-8-14(2)16(13)11-15(20-3)12-21-18-10-5-4-9-17(18)19/h4-10,15,20H,11-12H2,1-3H3. The predicted octanol–water partition coefficient (Wildman–Crippen LogP) is 4.99. The second-order valence-electron chi connectivity index (χ2n) is 5.30. The summed E-state index contributed by atoms with van der Waals surface area (Å²) in [6, 6.07) is 15.4. The van der Waals surface area contributed by atoms with Crippen LogP contribution < -0.4 is 5.32 Å². The third-order valence-corrected chi connectivity index (χ3v) is 5.97. The Morgan fingerprint density at radius 3 is 2.33 bits per heavy atom. The number of halogens is 1. The lowest BCUT2D eigenvalue weighted by molar-refractivity contribution is 0.614. The first kappa shape index (κ1) is 16.6. The minimum atomic E-state index is 0.474. The molecule has 21 heavy (non-hydrogen) atoms. The van der Waals surface area contributed by atoms with Crippen LogP contribution in [0.4, 0.5) is 0 Å². The van der Waals surface area contributed by atoms with Gasteiger partial charge in [0.25, 0.3) is 0 Å². The fraction of sp³-hybridized carbons (Fsp3) is 0.333. The first-order valence-corrected chi connectivity index (χ1v) is 8.99. The van der Waals surface area contributed by atoms with Crippen LogP contribution in [0.5, 0.6) is 0 Å². The summed E-state index contributed by atoms with van der Waals surface area (Å²) in [7, 11) is 2.05. The summed E-state index contributed by atoms with van der Waals surface area (Å²) in [6.45, 7) is 4.41. The maximum absolute atomic E-state index is 3.62. The molecule has 0 saturated heterocycles. The van der Waals surface area contributed by atoms with Crippen LogP contribution in [0.3, 0.4) is 0 Å². The lowest BCUT2D eigenvalue weighted by atomic mass is 9.97. The minimum Gasteiger partial charge on any atom is -0.316 e. The summed E-state index contributed by atoms with van der Waals surface area (Å²) in [5.41, 5.74) is 4.26. The first-order chi connectivity index (χ1) is 10.1. The third-order valence-electron chi connectivity index (χ3n) is 3.78. The number of nitrogens with one attached hydrogen (secondary N) is 1. The number of likely N-dealkylation sites (N-methyl/N-ethyl adjacent to an activating group) is 1. The quantitative estimate of drug-likeness (QED) is 0.725. The second-order valence-corrected chi connectivity index (χ2v) is 7.22. The zero-order valence-corrected chi connectivity index (χ0v) is 15.2. The van der Waals surface area contributed by atoms with Gasteiger partial charge in [0.1, 0.15) is 0 Å². The summed E-state index contributed by atoms with van der Waals surface area (Å²) in [5, 5.41) is 3.46. The van der Waals surface area contributed by atoms with Gasteiger partial charge in [-0.3, -0.25) is 0 Å². The molecule has 112 valence electrons. The number of hydrogen-bond donors (Lipinski definition) is 1. The van der Waals surface area contributed by atoms with Crippen molar-refractivity contribution in [1.29, 1.82) is 0 Å². The molecule has 2 aromatic rings. The molecule has 1 nitrogen and oxygen atoms in total. The van der Waals surface area contributed by atoms with Gasteiger partial charge in [-0.15, -0.1) is 11.8 Å². The van der Waals surface area contributed by atoms with Crippen molar-refractivity contribution in [1.82, 2.24) is 5.32 Å². The van der Waals surface area contributed by atoms with Gasteiger partial charge in [-0.2, -0.15) is 0 Å². The number of rotatable bonds is 6. The Hall–Kier alpha value is -0.770. The van der Waals surface area contributed by atoms with E-state index in [1.807, 2.05) is 11.8 Å². The van der Waals surface area contributed by atoms with Crippen LogP contribution >= 0.6 is 27.7 Å². The highest BCUT2D eigenvalue weighted by Gasteiger charge is 2.12. The molecule has 0 aliphatic carbocycles. The van der Waals surface area contributed by atoms with Crippen molar-refractivity contribution < 1.29 is 0 Å². The highest BCUT2D eigenvalue weighted by Crippen LogP contribution is 2.28. The SMILES string of the molecule is CNC(CSc1ccccc1Br)Cc1c(C)cccc1C. The molecule has 0 aliphatic heterocycles. The van der Waals surface area contributed by atoms with Crippen LogP contribution in [0, 0.1) is 13.8 Å². The van der Waals surface area contributed by atoms with E-state index in [1.165, 1.54) is 26.1 Å². The Morgan fingerprint density at radius 2 is 1.71 bits per heavy atom. The molecule has 1 N–H and O–H groups in total. The molecule has 2 aromatic carbocycles. The molecule has 0 bridgehead atoms. The zero-order chi connectivity index (χ0) is 15.2. The normalized spacial score (nSPS) is 12.4. The molecular weight excluding hydrogens is 342 g/mol. The summed E-state index contributed by atoms with van der Waals surface area (Å²) >= 11 is 5.52. The summed E-state index contributed by atoms with van der Waals surface area (Å²) in [4.78, 5) is 1.30. The van der Waals surface area contributed by atoms with E-state index in [1.54, 1.807) is 0 Å². The molecular formula is C18H22BrNS. The molecule has 0 aliphatic rings. The van der Waals surface area contributed by atoms with Crippen molar-refractivity contribution in [2.75, 3.05) is 12.8 Å². The average molecular weight is 364 g/mol. The van der Waals surface area contributed by atoms with Crippen molar-refractivity contribution in [2.24, 2.45) is 0 Å². The Bertz CT molecular complexity index is 577. The lowest BCUT2D eigenvalue weighted by Crippen LogP contribution is -2.30. The first-order valence-electron chi connectivity index (χ1n) is 7.21. The Balaban J connectivity index is 2.02. The van der Waals surface area contributed by atoms with Crippen molar-refractivity contribution in [3.63, 3.8) is 0 Å². The second kappa shape index (κ2) is 8.02. The van der Waals surface area contributed by atoms with Gasteiger partial charge in [0.05, 0.1) is 0 Å². The fourth-order valence-electron chi connectivity index (χ4n) is 2.41. The number of thioether (sulfide) groups is 1. The molecule has 0 radical (unpaired) electrons. The van der Waals surface area contributed by atoms with Crippen molar-refractivity contribution in [2.45, 2.75) is 31.2 Å². The Kier molecular flexibility index (Phi) is 6.34. The average Bonchev–Trinajstić information content (AvgIpc) is 2.48. The van der Waals surface area contributed by atoms with Crippen molar-refractivity contribution in [3.05, 3.63) is 63.6 Å². The van der Waals surface area contributed by atoms with Crippen LogP contribution in [-0.2, 0) is 6.42 Å². The number of benzene rings is 2. The largest absolute Gasteiger partial charge is 0.316 e. The van der Waals surface area contributed by atoms with Crippen LogP contribution in [0.1, 0.15) is 16.7 Å². The van der Waals surface area contributed by atoms with E-state index in [2.05, 4.69) is 84.6 Å². The molecule has 0 aromatic heterocycles. The molecule has 0 fully saturated rings. The van der Waals surface area contributed by atoms with Gasteiger partial charge in [-0.1, -0.05) is 30.3 Å². The predicted molar refractivity (Wildman–Crippen MR) is 97.3 cm³/mol. The van der Waals surface area contributed by atoms with Crippen LogP contribution in [0.15, 0.2) is 51.8 Å². The van der Waals surface area contributed by atoms with E-state index in [-0.39, 0.29) is 0 Å². The van der Waals surface area contributed by atoms with Crippen LogP contribution in [0.25, 0.3) is 0 Å². The lowest BCUT2D eigenvalue weighted by Gasteiger charge is -2.19. The molecule has 2 rings (SSSR count). The maximum atomic E-state index is 3.62. The number of aryl methyl sites for hydroxylation is 2. The molecule has 0 amide bonds. The molecule has 1 atom stereocenters. The van der Waals surface area contributed by atoms with Gasteiger partial charge < -0.3 is 5.32 Å². The summed E-state index contributed by atoms with van der Waals surface area (Å²) in [6.07, 6.45) is 1.08.